The maximum Gasteiger partial charge on any atom is 0.407 e. The molecule has 0 radical (unpaired) electrons. The number of amides is 2. The number of carbonyl (C=O) groups is 2. The van der Waals surface area contributed by atoms with Crippen molar-refractivity contribution >= 4 is 29.3 Å². The van der Waals surface area contributed by atoms with Crippen molar-refractivity contribution in [2.45, 2.75) is 38.8 Å². The van der Waals surface area contributed by atoms with Crippen LogP contribution in [0.15, 0.2) is 48.5 Å². The highest BCUT2D eigenvalue weighted by Gasteiger charge is 2.21. The zero-order valence-corrected chi connectivity index (χ0v) is 22.5. The van der Waals surface area contributed by atoms with Gasteiger partial charge in [0.05, 0.1) is 25.5 Å². The van der Waals surface area contributed by atoms with Crippen LogP contribution in [0.4, 0.5) is 26.5 Å². The molecule has 5 N–H and O–H groups in total. The SMILES string of the molecule is COc1cc(Nc2nc(N[C@@H](CNC(=O)OC(C)(C)C)Cc3ccccc3)c(F)cc2C(N)=O)cc(OC)n1. The van der Waals surface area contributed by atoms with Gasteiger partial charge in [-0.05, 0) is 38.8 Å². The molecule has 3 aromatic rings. The molecule has 0 spiro atoms. The van der Waals surface area contributed by atoms with Crippen molar-refractivity contribution in [2.24, 2.45) is 5.73 Å². The number of primary amides is 1. The van der Waals surface area contributed by atoms with Crippen molar-refractivity contribution in [3.05, 3.63) is 65.5 Å². The van der Waals surface area contributed by atoms with Gasteiger partial charge in [0.1, 0.15) is 11.4 Å². The number of hydrogen-bond acceptors (Lipinski definition) is 9. The van der Waals surface area contributed by atoms with Crippen molar-refractivity contribution in [3.63, 3.8) is 0 Å². The molecule has 3 rings (SSSR count). The number of halogens is 1. The minimum Gasteiger partial charge on any atom is -0.481 e. The van der Waals surface area contributed by atoms with Crippen LogP contribution in [0.2, 0.25) is 0 Å². The minimum atomic E-state index is -0.879. The van der Waals surface area contributed by atoms with Gasteiger partial charge >= 0.3 is 6.09 Å². The molecule has 0 saturated heterocycles. The van der Waals surface area contributed by atoms with E-state index in [0.29, 0.717) is 12.1 Å². The molecule has 11 nitrogen and oxygen atoms in total. The van der Waals surface area contributed by atoms with E-state index < -0.39 is 29.5 Å². The maximum absolute atomic E-state index is 15.2. The number of methoxy groups -OCH3 is 2. The molecule has 12 heteroatoms. The molecule has 0 aliphatic heterocycles. The third kappa shape index (κ3) is 8.73. The number of pyridine rings is 2. The van der Waals surface area contributed by atoms with E-state index in [9.17, 15) is 9.59 Å². The number of nitrogens with two attached hydrogens (primary N) is 1. The van der Waals surface area contributed by atoms with E-state index in [-0.39, 0.29) is 35.5 Å². The van der Waals surface area contributed by atoms with Gasteiger partial charge in [0.15, 0.2) is 11.6 Å². The Morgan fingerprint density at radius 3 is 2.21 bits per heavy atom. The fourth-order valence-electron chi connectivity index (χ4n) is 3.56. The first-order valence-corrected chi connectivity index (χ1v) is 12.1. The largest absolute Gasteiger partial charge is 0.481 e. The molecule has 39 heavy (non-hydrogen) atoms. The summed E-state index contributed by atoms with van der Waals surface area (Å²) >= 11 is 0. The minimum absolute atomic E-state index is 0.000249. The van der Waals surface area contributed by atoms with Crippen LogP contribution in [0.25, 0.3) is 0 Å². The second-order valence-electron chi connectivity index (χ2n) is 9.56. The lowest BCUT2D eigenvalue weighted by Gasteiger charge is -2.24. The lowest BCUT2D eigenvalue weighted by Crippen LogP contribution is -2.40. The molecule has 2 heterocycles. The van der Waals surface area contributed by atoms with E-state index in [1.165, 1.54) is 14.2 Å². The van der Waals surface area contributed by atoms with Crippen LogP contribution in [0.1, 0.15) is 36.7 Å². The summed E-state index contributed by atoms with van der Waals surface area (Å²) in [6, 6.07) is 13.1. The van der Waals surface area contributed by atoms with Crippen LogP contribution < -0.4 is 31.2 Å². The number of alkyl carbamates (subject to hydrolysis) is 1. The third-order valence-electron chi connectivity index (χ3n) is 5.26. The first kappa shape index (κ1) is 29.0. The molecule has 0 saturated carbocycles. The Labute approximate surface area is 226 Å². The second-order valence-corrected chi connectivity index (χ2v) is 9.56. The van der Waals surface area contributed by atoms with Crippen LogP contribution in [0.3, 0.4) is 0 Å². The number of nitrogens with zero attached hydrogens (tertiary/aromatic N) is 2. The molecule has 0 aliphatic rings. The summed E-state index contributed by atoms with van der Waals surface area (Å²) in [5.41, 5.74) is 6.02. The van der Waals surface area contributed by atoms with E-state index >= 15 is 4.39 Å². The number of nitrogens with one attached hydrogen (secondary N) is 3. The summed E-state index contributed by atoms with van der Waals surface area (Å²) in [6.07, 6.45) is -0.181. The zero-order valence-electron chi connectivity index (χ0n) is 22.5. The van der Waals surface area contributed by atoms with Crippen molar-refractivity contribution in [1.82, 2.24) is 15.3 Å². The lowest BCUT2D eigenvalue weighted by atomic mass is 10.1. The van der Waals surface area contributed by atoms with E-state index in [4.69, 9.17) is 19.9 Å². The summed E-state index contributed by atoms with van der Waals surface area (Å²) in [4.78, 5) is 32.8. The smallest absolute Gasteiger partial charge is 0.407 e. The molecule has 2 aromatic heterocycles. The van der Waals surface area contributed by atoms with Crippen LogP contribution in [-0.2, 0) is 11.2 Å². The van der Waals surface area contributed by atoms with Gasteiger partial charge in [0.2, 0.25) is 11.8 Å². The Balaban J connectivity index is 1.92. The standard InChI is InChI=1S/C27H33FN6O5/c1-27(2,3)39-26(36)30-15-18(11-16-9-7-6-8-10-16)32-25-20(28)14-19(23(29)35)24(34-25)31-17-12-21(37-4)33-22(13-17)38-5/h6-10,12-14,18H,11,15H2,1-5H3,(H2,29,35)(H,30,36)(H2,31,32,33,34)/t18-/m1/s1. The Hall–Kier alpha value is -4.61. The van der Waals surface area contributed by atoms with Gasteiger partial charge in [-0.3, -0.25) is 4.79 Å². The molecule has 1 aromatic carbocycles. The summed E-state index contributed by atoms with van der Waals surface area (Å²) < 4.78 is 30.8. The number of aromatic nitrogens is 2. The van der Waals surface area contributed by atoms with Crippen LogP contribution in [0, 0.1) is 5.82 Å². The highest BCUT2D eigenvalue weighted by atomic mass is 19.1. The summed E-state index contributed by atoms with van der Waals surface area (Å²) in [7, 11) is 2.88. The maximum atomic E-state index is 15.2. The van der Waals surface area contributed by atoms with Gasteiger partial charge in [0, 0.05) is 24.7 Å². The zero-order chi connectivity index (χ0) is 28.6. The van der Waals surface area contributed by atoms with E-state index in [1.807, 2.05) is 30.3 Å². The predicted molar refractivity (Wildman–Crippen MR) is 145 cm³/mol. The Kier molecular flexibility index (Phi) is 9.47. The fraction of sp³-hybridized carbons (Fsp3) is 0.333. The van der Waals surface area contributed by atoms with Crippen molar-refractivity contribution in [1.29, 1.82) is 0 Å². The topological polar surface area (TPSA) is 150 Å². The highest BCUT2D eigenvalue weighted by Crippen LogP contribution is 2.28. The van der Waals surface area contributed by atoms with Gasteiger partial charge in [0.25, 0.3) is 5.91 Å². The first-order valence-electron chi connectivity index (χ1n) is 12.1. The first-order chi connectivity index (χ1) is 18.5. The number of hydrogen-bond donors (Lipinski definition) is 4. The number of anilines is 3. The summed E-state index contributed by atoms with van der Waals surface area (Å²) in [5.74, 6) is -1.34. The molecular weight excluding hydrogens is 507 g/mol. The quantitative estimate of drug-likeness (QED) is 0.283. The number of benzene rings is 1. The van der Waals surface area contributed by atoms with Gasteiger partial charge in [-0.25, -0.2) is 14.2 Å². The molecule has 0 unspecified atom stereocenters. The number of rotatable bonds is 11. The van der Waals surface area contributed by atoms with Gasteiger partial charge < -0.3 is 35.9 Å². The predicted octanol–water partition coefficient (Wildman–Crippen LogP) is 4.02. The second kappa shape index (κ2) is 12.8. The van der Waals surface area contributed by atoms with Crippen LogP contribution >= 0.6 is 0 Å². The fourth-order valence-corrected chi connectivity index (χ4v) is 3.56. The molecule has 0 bridgehead atoms. The molecule has 0 fully saturated rings. The van der Waals surface area contributed by atoms with Crippen molar-refractivity contribution in [2.75, 3.05) is 31.4 Å². The van der Waals surface area contributed by atoms with Crippen molar-refractivity contribution < 1.29 is 28.2 Å². The van der Waals surface area contributed by atoms with Gasteiger partial charge in [-0.1, -0.05) is 30.3 Å². The Bertz CT molecular complexity index is 1280. The normalized spacial score (nSPS) is 11.7. The molecule has 208 valence electrons. The van der Waals surface area contributed by atoms with Crippen molar-refractivity contribution in [3.8, 4) is 11.8 Å². The summed E-state index contributed by atoms with van der Waals surface area (Å²) in [5, 5.41) is 8.71. The van der Waals surface area contributed by atoms with Crippen LogP contribution in [0.5, 0.6) is 11.8 Å². The average molecular weight is 541 g/mol. The number of carbonyl (C=O) groups excluding carboxylic acids is 2. The number of ether oxygens (including phenoxy) is 3. The average Bonchev–Trinajstić information content (AvgIpc) is 2.88. The molecule has 0 aliphatic carbocycles. The monoisotopic (exact) mass is 540 g/mol. The molecule has 2 amide bonds. The Morgan fingerprint density at radius 1 is 1.00 bits per heavy atom. The van der Waals surface area contributed by atoms with E-state index in [1.54, 1.807) is 32.9 Å². The highest BCUT2D eigenvalue weighted by molar-refractivity contribution is 5.98. The van der Waals surface area contributed by atoms with E-state index in [0.717, 1.165) is 11.6 Å². The van der Waals surface area contributed by atoms with Gasteiger partial charge in [-0.2, -0.15) is 4.98 Å². The Morgan fingerprint density at radius 2 is 1.64 bits per heavy atom. The van der Waals surface area contributed by atoms with E-state index in [2.05, 4.69) is 25.9 Å². The lowest BCUT2D eigenvalue weighted by molar-refractivity contribution is 0.0525. The third-order valence-corrected chi connectivity index (χ3v) is 5.26. The van der Waals surface area contributed by atoms with Crippen LogP contribution in [-0.4, -0.2) is 54.4 Å². The molecular formula is C27H33FN6O5. The molecule has 1 atom stereocenters. The summed E-state index contributed by atoms with van der Waals surface area (Å²) in [6.45, 7) is 5.38. The van der Waals surface area contributed by atoms with Gasteiger partial charge in [-0.15, -0.1) is 0 Å².